The van der Waals surface area contributed by atoms with Crippen molar-refractivity contribution >= 4 is 28.0 Å². The summed E-state index contributed by atoms with van der Waals surface area (Å²) in [5.74, 6) is -0.606. The van der Waals surface area contributed by atoms with Crippen molar-refractivity contribution in [2.45, 2.75) is 26.2 Å². The van der Waals surface area contributed by atoms with Crippen LogP contribution in [0.3, 0.4) is 0 Å². The van der Waals surface area contributed by atoms with Gasteiger partial charge in [0.25, 0.3) is 0 Å². The molecule has 0 atom stereocenters. The third-order valence-electron chi connectivity index (χ3n) is 0.956. The third kappa shape index (κ3) is 4.49. The molecule has 58 valence electrons. The number of carbonyl (C=O) groups excluding carboxylic acids is 2. The highest BCUT2D eigenvalue weighted by Gasteiger charge is 2.07. The smallest absolute Gasteiger partial charge is 0.324 e. The van der Waals surface area contributed by atoms with Crippen LogP contribution >= 0.6 is 16.3 Å². The maximum atomic E-state index is 10.7. The second-order valence-corrected chi connectivity index (χ2v) is 2.24. The second-order valence-electron chi connectivity index (χ2n) is 1.91. The highest BCUT2D eigenvalue weighted by atomic mass is 79.9. The van der Waals surface area contributed by atoms with E-state index in [1.807, 2.05) is 6.92 Å². The van der Waals surface area contributed by atoms with E-state index in [9.17, 15) is 9.59 Å². The Morgan fingerprint density at radius 2 is 2.10 bits per heavy atom. The minimum absolute atomic E-state index is 0.0769. The van der Waals surface area contributed by atoms with Crippen molar-refractivity contribution in [1.29, 1.82) is 0 Å². The molecule has 10 heavy (non-hydrogen) atoms. The van der Waals surface area contributed by atoms with Crippen LogP contribution in [0.4, 0.5) is 0 Å². The summed E-state index contributed by atoms with van der Waals surface area (Å²) in [7, 11) is 0. The summed E-state index contributed by atoms with van der Waals surface area (Å²) < 4.78 is 4.12. The fraction of sp³-hybridized carbons (Fsp3) is 0.667. The first kappa shape index (κ1) is 9.62. The number of ketones is 1. The number of carbonyl (C=O) groups is 2. The van der Waals surface area contributed by atoms with E-state index in [0.29, 0.717) is 6.42 Å². The Balaban J connectivity index is 3.47. The number of halogens is 1. The van der Waals surface area contributed by atoms with Crippen LogP contribution in [0.5, 0.6) is 0 Å². The lowest BCUT2D eigenvalue weighted by Crippen LogP contribution is -2.06. The van der Waals surface area contributed by atoms with Crippen LogP contribution in [0.25, 0.3) is 0 Å². The van der Waals surface area contributed by atoms with Gasteiger partial charge >= 0.3 is 5.97 Å². The van der Waals surface area contributed by atoms with Gasteiger partial charge in [0.2, 0.25) is 0 Å². The van der Waals surface area contributed by atoms with Crippen molar-refractivity contribution in [2.75, 3.05) is 0 Å². The first-order chi connectivity index (χ1) is 4.70. The minimum Gasteiger partial charge on any atom is -0.383 e. The number of hydrogen-bond acceptors (Lipinski definition) is 3. The standard InChI is InChI=1S/C6H9BrO3/c1-2-3-5(8)4-6(9)10-7/h2-4H2,1H3. The highest BCUT2D eigenvalue weighted by Crippen LogP contribution is 1.98. The lowest BCUT2D eigenvalue weighted by molar-refractivity contribution is -0.136. The summed E-state index contributed by atoms with van der Waals surface area (Å²) in [6, 6.07) is 0. The highest BCUT2D eigenvalue weighted by molar-refractivity contribution is 9.06. The molecule has 0 saturated carbocycles. The molecule has 4 heteroatoms. The first-order valence-corrected chi connectivity index (χ1v) is 3.68. The Bertz CT molecular complexity index is 133. The van der Waals surface area contributed by atoms with Gasteiger partial charge in [0.15, 0.2) is 16.3 Å². The van der Waals surface area contributed by atoms with Gasteiger partial charge in [-0.3, -0.25) is 9.59 Å². The molecule has 0 radical (unpaired) electrons. The van der Waals surface area contributed by atoms with Crippen molar-refractivity contribution in [1.82, 2.24) is 0 Å². The Hall–Kier alpha value is -0.380. The molecular weight excluding hydrogens is 200 g/mol. The molecule has 0 aliphatic heterocycles. The Labute approximate surface area is 68.2 Å². The second kappa shape index (κ2) is 5.41. The Kier molecular flexibility index (Phi) is 5.20. The number of Topliss-reactive ketones (excluding diaryl/α,β-unsaturated/α-hetero) is 1. The van der Waals surface area contributed by atoms with E-state index in [1.165, 1.54) is 0 Å². The minimum atomic E-state index is -0.529. The molecule has 0 N–H and O–H groups in total. The van der Waals surface area contributed by atoms with Gasteiger partial charge in [0.1, 0.15) is 12.2 Å². The van der Waals surface area contributed by atoms with Gasteiger partial charge in [-0.15, -0.1) is 0 Å². The fourth-order valence-electron chi connectivity index (χ4n) is 0.555. The maximum Gasteiger partial charge on any atom is 0.324 e. The zero-order chi connectivity index (χ0) is 7.98. The maximum absolute atomic E-state index is 10.7. The molecule has 0 aromatic carbocycles. The molecule has 0 aliphatic carbocycles. The van der Waals surface area contributed by atoms with Gasteiger partial charge in [-0.1, -0.05) is 6.92 Å². The van der Waals surface area contributed by atoms with Crippen LogP contribution in [0.1, 0.15) is 26.2 Å². The van der Waals surface area contributed by atoms with Crippen molar-refractivity contribution < 1.29 is 13.4 Å². The average Bonchev–Trinajstić information content (AvgIpc) is 1.88. The Morgan fingerprint density at radius 3 is 2.50 bits per heavy atom. The summed E-state index contributed by atoms with van der Waals surface area (Å²) >= 11 is 2.49. The molecule has 0 bridgehead atoms. The summed E-state index contributed by atoms with van der Waals surface area (Å²) in [5, 5.41) is 0. The molecule has 0 spiro atoms. The van der Waals surface area contributed by atoms with E-state index in [1.54, 1.807) is 0 Å². The Morgan fingerprint density at radius 1 is 1.50 bits per heavy atom. The van der Waals surface area contributed by atoms with Crippen molar-refractivity contribution in [3.05, 3.63) is 0 Å². The zero-order valence-corrected chi connectivity index (χ0v) is 7.31. The third-order valence-corrected chi connectivity index (χ3v) is 1.32. The summed E-state index contributed by atoms with van der Waals surface area (Å²) in [5.41, 5.74) is 0. The molecule has 0 saturated heterocycles. The van der Waals surface area contributed by atoms with Crippen LogP contribution in [-0.2, 0) is 13.4 Å². The van der Waals surface area contributed by atoms with E-state index in [4.69, 9.17) is 0 Å². The molecule has 0 amide bonds. The average molecular weight is 209 g/mol. The molecule has 3 nitrogen and oxygen atoms in total. The molecule has 0 fully saturated rings. The first-order valence-electron chi connectivity index (χ1n) is 3.03. The van der Waals surface area contributed by atoms with Gasteiger partial charge in [0.05, 0.1) is 0 Å². The van der Waals surface area contributed by atoms with E-state index < -0.39 is 5.97 Å². The zero-order valence-electron chi connectivity index (χ0n) is 5.72. The van der Waals surface area contributed by atoms with Crippen LogP contribution in [0.15, 0.2) is 0 Å². The van der Waals surface area contributed by atoms with E-state index in [-0.39, 0.29) is 12.2 Å². The van der Waals surface area contributed by atoms with Gasteiger partial charge in [-0.25, -0.2) is 0 Å². The fourth-order valence-corrected chi connectivity index (χ4v) is 0.670. The normalized spacial score (nSPS) is 9.00. The van der Waals surface area contributed by atoms with Crippen LogP contribution in [0.2, 0.25) is 0 Å². The van der Waals surface area contributed by atoms with Gasteiger partial charge < -0.3 is 3.83 Å². The van der Waals surface area contributed by atoms with Crippen LogP contribution in [0, 0.1) is 0 Å². The molecular formula is C6H9BrO3. The van der Waals surface area contributed by atoms with E-state index in [0.717, 1.165) is 6.42 Å². The molecule has 0 aromatic rings. The van der Waals surface area contributed by atoms with Gasteiger partial charge in [0, 0.05) is 6.42 Å². The summed E-state index contributed by atoms with van der Waals surface area (Å²) in [4.78, 5) is 21.1. The van der Waals surface area contributed by atoms with Crippen LogP contribution in [-0.4, -0.2) is 11.8 Å². The van der Waals surface area contributed by atoms with Crippen LogP contribution < -0.4 is 0 Å². The summed E-state index contributed by atoms with van der Waals surface area (Å²) in [6.45, 7) is 1.89. The predicted octanol–water partition coefficient (Wildman–Crippen LogP) is 1.60. The SMILES string of the molecule is CCCC(=O)CC(=O)OBr. The number of hydrogen-bond donors (Lipinski definition) is 0. The molecule has 0 unspecified atom stereocenters. The molecule has 0 aliphatic rings. The summed E-state index contributed by atoms with van der Waals surface area (Å²) in [6.07, 6.45) is 1.09. The molecule has 0 heterocycles. The van der Waals surface area contributed by atoms with Crippen molar-refractivity contribution in [3.63, 3.8) is 0 Å². The van der Waals surface area contributed by atoms with E-state index >= 15 is 0 Å². The molecule has 0 rings (SSSR count). The van der Waals surface area contributed by atoms with Crippen molar-refractivity contribution in [3.8, 4) is 0 Å². The van der Waals surface area contributed by atoms with Crippen molar-refractivity contribution in [2.24, 2.45) is 0 Å². The number of rotatable bonds is 4. The monoisotopic (exact) mass is 208 g/mol. The lowest BCUT2D eigenvalue weighted by Gasteiger charge is -1.93. The quantitative estimate of drug-likeness (QED) is 0.660. The topological polar surface area (TPSA) is 43.4 Å². The largest absolute Gasteiger partial charge is 0.383 e. The van der Waals surface area contributed by atoms with Gasteiger partial charge in [-0.2, -0.15) is 0 Å². The van der Waals surface area contributed by atoms with E-state index in [2.05, 4.69) is 20.1 Å². The predicted molar refractivity (Wildman–Crippen MR) is 39.6 cm³/mol. The van der Waals surface area contributed by atoms with Gasteiger partial charge in [-0.05, 0) is 6.42 Å². The molecule has 0 aromatic heterocycles. The lowest BCUT2D eigenvalue weighted by atomic mass is 10.2.